The summed E-state index contributed by atoms with van der Waals surface area (Å²) in [6.45, 7) is 12.0. The van der Waals surface area contributed by atoms with Crippen LogP contribution in [0.15, 0.2) is 11.6 Å². The Hall–Kier alpha value is -0.940. The van der Waals surface area contributed by atoms with E-state index in [4.69, 9.17) is 37.9 Å². The molecule has 9 rings (SSSR count). The van der Waals surface area contributed by atoms with Crippen molar-refractivity contribution < 1.29 is 83.9 Å². The normalized spacial score (nSPS) is 58.9. The number of hydrogen-bond acceptors (Lipinski definition) is 17. The SMILES string of the molecule is CC1CCC2(OC1)OC1CC3C4CCC5=CC(OC6OC(CO)C(O)C(OC7OC(C)C(O)C(O)C7O)C6OC6OC(C)C(O)C(O)C6O)CCC5(C)C4CCC3(C)C1(O)C2C. The number of aliphatic hydroxyl groups is 9. The van der Waals surface area contributed by atoms with Crippen LogP contribution in [0, 0.1) is 40.4 Å². The number of fused-ring (bicyclic) bond motifs is 7. The monoisotopic (exact) mass is 884 g/mol. The number of rotatable bonds is 7. The van der Waals surface area contributed by atoms with Crippen LogP contribution in [0.4, 0.5) is 0 Å². The first-order valence-corrected chi connectivity index (χ1v) is 23.3. The van der Waals surface area contributed by atoms with E-state index >= 15 is 0 Å². The van der Waals surface area contributed by atoms with Gasteiger partial charge in [-0.25, -0.2) is 0 Å². The highest BCUT2D eigenvalue weighted by atomic mass is 16.8. The molecule has 0 aromatic heterocycles. The Morgan fingerprint density at radius 1 is 0.677 bits per heavy atom. The Kier molecular flexibility index (Phi) is 12.4. The maximum absolute atomic E-state index is 12.8. The van der Waals surface area contributed by atoms with Crippen molar-refractivity contribution in [3.63, 3.8) is 0 Å². The highest BCUT2D eigenvalue weighted by Crippen LogP contribution is 2.72. The summed E-state index contributed by atoms with van der Waals surface area (Å²) in [7, 11) is 0. The first-order valence-electron chi connectivity index (χ1n) is 23.3. The zero-order valence-electron chi connectivity index (χ0n) is 36.8. The lowest BCUT2D eigenvalue weighted by atomic mass is 9.45. The van der Waals surface area contributed by atoms with Crippen molar-refractivity contribution in [3.8, 4) is 0 Å². The molecule has 5 heterocycles. The van der Waals surface area contributed by atoms with E-state index in [9.17, 15) is 46.0 Å². The molecule has 8 fully saturated rings. The second kappa shape index (κ2) is 16.7. The lowest BCUT2D eigenvalue weighted by Gasteiger charge is -2.60. The molecule has 26 atom stereocenters. The van der Waals surface area contributed by atoms with Gasteiger partial charge in [-0.15, -0.1) is 0 Å². The van der Waals surface area contributed by atoms with Crippen LogP contribution in [-0.4, -0.2) is 175 Å². The Morgan fingerprint density at radius 3 is 1.94 bits per heavy atom. The number of allylic oxidation sites excluding steroid dienone is 1. The van der Waals surface area contributed by atoms with Crippen molar-refractivity contribution in [3.05, 3.63) is 11.6 Å². The zero-order chi connectivity index (χ0) is 44.4. The second-order valence-electron chi connectivity index (χ2n) is 21.1. The summed E-state index contributed by atoms with van der Waals surface area (Å²) in [5.41, 5.74) is -0.118. The molecule has 5 saturated heterocycles. The van der Waals surface area contributed by atoms with Crippen LogP contribution >= 0.6 is 0 Å². The largest absolute Gasteiger partial charge is 0.394 e. The van der Waals surface area contributed by atoms with E-state index in [1.54, 1.807) is 0 Å². The summed E-state index contributed by atoms with van der Waals surface area (Å²) < 4.78 is 50.1. The molecule has 17 heteroatoms. The maximum Gasteiger partial charge on any atom is 0.187 e. The van der Waals surface area contributed by atoms with Crippen molar-refractivity contribution in [2.45, 2.75) is 215 Å². The molecule has 0 aromatic rings. The van der Waals surface area contributed by atoms with Crippen LogP contribution in [-0.2, 0) is 37.9 Å². The zero-order valence-corrected chi connectivity index (χ0v) is 36.8. The van der Waals surface area contributed by atoms with E-state index in [0.29, 0.717) is 36.7 Å². The molecule has 17 nitrogen and oxygen atoms in total. The summed E-state index contributed by atoms with van der Waals surface area (Å²) in [4.78, 5) is 0. The van der Waals surface area contributed by atoms with Crippen molar-refractivity contribution in [1.82, 2.24) is 0 Å². The van der Waals surface area contributed by atoms with Gasteiger partial charge in [0.15, 0.2) is 24.7 Å². The Morgan fingerprint density at radius 2 is 1.32 bits per heavy atom. The standard InChI is InChI=1S/C45H72O17/c1-19-9-14-44(55-18-19)22(4)45(54)29(62-44)16-27-25-8-7-23-15-24(10-12-42(23,5)26(25)11-13-43(27,45)6)58-41-38(61-40-36(53)34(51)31(48)21(3)57-40)37(32(49)28(17-46)59-41)60-39-35(52)33(50)30(47)20(2)56-39/h15,19-22,24-41,46-54H,7-14,16-18H2,1-6H3. The Labute approximate surface area is 363 Å². The smallest absolute Gasteiger partial charge is 0.187 e. The molecule has 9 N–H and O–H groups in total. The number of aliphatic hydroxyl groups excluding tert-OH is 8. The van der Waals surface area contributed by atoms with Gasteiger partial charge in [0.25, 0.3) is 0 Å². The highest BCUT2D eigenvalue weighted by molar-refractivity contribution is 5.29. The van der Waals surface area contributed by atoms with Crippen molar-refractivity contribution >= 4 is 0 Å². The van der Waals surface area contributed by atoms with Gasteiger partial charge in [0.05, 0.1) is 37.6 Å². The summed E-state index contributed by atoms with van der Waals surface area (Å²) >= 11 is 0. The average molecular weight is 885 g/mol. The van der Waals surface area contributed by atoms with E-state index in [2.05, 4.69) is 33.8 Å². The van der Waals surface area contributed by atoms with Gasteiger partial charge < -0.3 is 83.9 Å². The third kappa shape index (κ3) is 7.05. The van der Waals surface area contributed by atoms with Gasteiger partial charge in [0.1, 0.15) is 66.6 Å². The topological polar surface area (TPSA) is 256 Å². The van der Waals surface area contributed by atoms with Crippen LogP contribution < -0.4 is 0 Å². The molecular weight excluding hydrogens is 812 g/mol. The number of hydrogen-bond donors (Lipinski definition) is 9. The first-order chi connectivity index (χ1) is 29.3. The van der Waals surface area contributed by atoms with Crippen molar-refractivity contribution in [1.29, 1.82) is 0 Å². The fourth-order valence-electron chi connectivity index (χ4n) is 13.9. The molecule has 0 amide bonds. The molecule has 0 bridgehead atoms. The van der Waals surface area contributed by atoms with Crippen LogP contribution in [0.3, 0.4) is 0 Å². The minimum absolute atomic E-state index is 0.122. The van der Waals surface area contributed by atoms with Gasteiger partial charge in [-0.2, -0.15) is 0 Å². The summed E-state index contributed by atoms with van der Waals surface area (Å²) in [5.74, 6) is 0.716. The molecule has 4 aliphatic carbocycles. The van der Waals surface area contributed by atoms with Crippen molar-refractivity contribution in [2.24, 2.45) is 40.4 Å². The fraction of sp³-hybridized carbons (Fsp3) is 0.956. The lowest BCUT2D eigenvalue weighted by Crippen LogP contribution is -2.67. The first kappa shape index (κ1) is 46.2. The van der Waals surface area contributed by atoms with Gasteiger partial charge in [-0.3, -0.25) is 0 Å². The molecule has 26 unspecified atom stereocenters. The Bertz CT molecular complexity index is 1640. The molecule has 62 heavy (non-hydrogen) atoms. The predicted octanol–water partition coefficient (Wildman–Crippen LogP) is 0.357. The molecule has 5 aliphatic heterocycles. The minimum atomic E-state index is -1.75. The van der Waals surface area contributed by atoms with Crippen molar-refractivity contribution in [2.75, 3.05) is 13.2 Å². The number of ether oxygens (including phenoxy) is 8. The van der Waals surface area contributed by atoms with Crippen LogP contribution in [0.2, 0.25) is 0 Å². The Balaban J connectivity index is 0.952. The molecule has 354 valence electrons. The molecular formula is C45H72O17. The minimum Gasteiger partial charge on any atom is -0.394 e. The second-order valence-corrected chi connectivity index (χ2v) is 21.1. The molecule has 1 spiro atoms. The van der Waals surface area contributed by atoms with Gasteiger partial charge in [0.2, 0.25) is 0 Å². The van der Waals surface area contributed by atoms with Gasteiger partial charge >= 0.3 is 0 Å². The molecule has 3 saturated carbocycles. The van der Waals surface area contributed by atoms with E-state index in [-0.39, 0.29) is 22.9 Å². The van der Waals surface area contributed by atoms with Gasteiger partial charge in [0, 0.05) is 17.8 Å². The molecule has 0 radical (unpaired) electrons. The quantitative estimate of drug-likeness (QED) is 0.157. The summed E-state index contributed by atoms with van der Waals surface area (Å²) in [6, 6.07) is 0. The summed E-state index contributed by atoms with van der Waals surface area (Å²) in [6.07, 6.45) is -12.9. The van der Waals surface area contributed by atoms with E-state index in [0.717, 1.165) is 51.4 Å². The van der Waals surface area contributed by atoms with E-state index in [1.807, 2.05) is 0 Å². The van der Waals surface area contributed by atoms with E-state index in [1.165, 1.54) is 19.4 Å². The molecule has 9 aliphatic rings. The maximum atomic E-state index is 12.8. The van der Waals surface area contributed by atoms with Crippen LogP contribution in [0.25, 0.3) is 0 Å². The lowest BCUT2D eigenvalue weighted by molar-refractivity contribution is -0.392. The third-order valence-electron chi connectivity index (χ3n) is 17.9. The average Bonchev–Trinajstić information content (AvgIpc) is 3.60. The molecule has 0 aromatic carbocycles. The third-order valence-corrected chi connectivity index (χ3v) is 17.9. The highest BCUT2D eigenvalue weighted by Gasteiger charge is 2.76. The van der Waals surface area contributed by atoms with Gasteiger partial charge in [-0.05, 0) is 94.3 Å². The van der Waals surface area contributed by atoms with Crippen LogP contribution in [0.1, 0.15) is 99.3 Å². The van der Waals surface area contributed by atoms with Gasteiger partial charge in [-0.1, -0.05) is 39.3 Å². The fourth-order valence-corrected chi connectivity index (χ4v) is 13.9. The predicted molar refractivity (Wildman–Crippen MR) is 214 cm³/mol. The summed E-state index contributed by atoms with van der Waals surface area (Å²) in [5, 5.41) is 98.7. The van der Waals surface area contributed by atoms with Crippen LogP contribution in [0.5, 0.6) is 0 Å². The van der Waals surface area contributed by atoms with E-state index < -0.39 is 116 Å².